The molecule has 0 radical (unpaired) electrons. The summed E-state index contributed by atoms with van der Waals surface area (Å²) in [5, 5.41) is 7.45. The molecule has 2 fully saturated rings. The molecule has 3 aromatic carbocycles. The number of ether oxygens (including phenoxy) is 2. The molecule has 1 saturated heterocycles. The normalized spacial score (nSPS) is 22.6. The number of hydrogen-bond donors (Lipinski definition) is 2. The topological polar surface area (TPSA) is 45.8 Å². The molecule has 218 valence electrons. The van der Waals surface area contributed by atoms with Gasteiger partial charge in [0.15, 0.2) is 16.6 Å². The van der Waals surface area contributed by atoms with Gasteiger partial charge in [0.25, 0.3) is 0 Å². The maximum Gasteiger partial charge on any atom is 0.416 e. The molecule has 9 heteroatoms. The third-order valence-electron chi connectivity index (χ3n) is 8.60. The second-order valence-electron chi connectivity index (χ2n) is 10.9. The maximum atomic E-state index is 13.4. The molecule has 0 unspecified atom stereocenters. The van der Waals surface area contributed by atoms with Crippen LogP contribution in [0, 0.1) is 0 Å². The van der Waals surface area contributed by atoms with Crippen molar-refractivity contribution in [3.05, 3.63) is 95.1 Å². The van der Waals surface area contributed by atoms with E-state index in [4.69, 9.17) is 21.7 Å². The van der Waals surface area contributed by atoms with Gasteiger partial charge in [-0.2, -0.15) is 13.2 Å². The van der Waals surface area contributed by atoms with Gasteiger partial charge in [-0.15, -0.1) is 0 Å². The van der Waals surface area contributed by atoms with Gasteiger partial charge in [-0.3, -0.25) is 4.90 Å². The standard InChI is InChI=1S/C32H36F3N3O2S/c1-39-27-12-11-24(18-28(27)40-2)31-14-13-26(37-30(41)36-20-22-7-4-3-5-8-22)19-29(31)38(16-15-31)21-23-9-6-10-25(17-23)32(33,34)35/h3-12,17-18,26,29H,13-16,19-21H2,1-2H3,(H2,36,37,41)/t26-,29+,31+/m1/s1. The van der Waals surface area contributed by atoms with Crippen LogP contribution in [0.3, 0.4) is 0 Å². The van der Waals surface area contributed by atoms with Crippen LogP contribution in [0.2, 0.25) is 0 Å². The van der Waals surface area contributed by atoms with Gasteiger partial charge >= 0.3 is 6.18 Å². The van der Waals surface area contributed by atoms with Crippen LogP contribution in [-0.2, 0) is 24.7 Å². The van der Waals surface area contributed by atoms with Gasteiger partial charge < -0.3 is 20.1 Å². The fraction of sp³-hybridized carbons (Fsp3) is 0.406. The summed E-state index contributed by atoms with van der Waals surface area (Å²) in [6, 6.07) is 22.2. The Bertz CT molecular complexity index is 1350. The maximum absolute atomic E-state index is 13.4. The zero-order valence-corrected chi connectivity index (χ0v) is 24.2. The van der Waals surface area contributed by atoms with E-state index < -0.39 is 11.7 Å². The summed E-state index contributed by atoms with van der Waals surface area (Å²) in [7, 11) is 3.26. The highest BCUT2D eigenvalue weighted by Crippen LogP contribution is 2.50. The monoisotopic (exact) mass is 583 g/mol. The minimum Gasteiger partial charge on any atom is -0.493 e. The first-order valence-electron chi connectivity index (χ1n) is 13.9. The molecule has 1 saturated carbocycles. The van der Waals surface area contributed by atoms with Gasteiger partial charge in [0.2, 0.25) is 0 Å². The van der Waals surface area contributed by atoms with Gasteiger partial charge in [0, 0.05) is 30.6 Å². The van der Waals surface area contributed by atoms with Crippen LogP contribution in [0.15, 0.2) is 72.8 Å². The first-order valence-corrected chi connectivity index (χ1v) is 14.3. The molecule has 3 atom stereocenters. The van der Waals surface area contributed by atoms with Gasteiger partial charge in [0.05, 0.1) is 19.8 Å². The van der Waals surface area contributed by atoms with E-state index in [9.17, 15) is 13.2 Å². The van der Waals surface area contributed by atoms with Gasteiger partial charge in [-0.25, -0.2) is 0 Å². The average Bonchev–Trinajstić information content (AvgIpc) is 3.34. The van der Waals surface area contributed by atoms with Crippen LogP contribution in [0.25, 0.3) is 0 Å². The molecule has 2 N–H and O–H groups in total. The molecule has 0 spiro atoms. The lowest BCUT2D eigenvalue weighted by atomic mass is 9.65. The summed E-state index contributed by atoms with van der Waals surface area (Å²) in [4.78, 5) is 2.35. The number of likely N-dealkylation sites (tertiary alicyclic amines) is 1. The second kappa shape index (κ2) is 12.3. The predicted molar refractivity (Wildman–Crippen MR) is 158 cm³/mol. The van der Waals surface area contributed by atoms with Crippen molar-refractivity contribution in [2.24, 2.45) is 0 Å². The minimum atomic E-state index is -4.37. The van der Waals surface area contributed by atoms with Crippen molar-refractivity contribution in [2.45, 2.75) is 62.4 Å². The Morgan fingerprint density at radius 3 is 2.44 bits per heavy atom. The lowest BCUT2D eigenvalue weighted by Gasteiger charge is -2.46. The molecular weight excluding hydrogens is 547 g/mol. The van der Waals surface area contributed by atoms with Gasteiger partial charge in [-0.05, 0) is 79.3 Å². The Labute approximate surface area is 245 Å². The quantitative estimate of drug-likeness (QED) is 0.297. The van der Waals surface area contributed by atoms with Crippen LogP contribution in [-0.4, -0.2) is 42.9 Å². The van der Waals surface area contributed by atoms with E-state index >= 15 is 0 Å². The van der Waals surface area contributed by atoms with Gasteiger partial charge in [-0.1, -0.05) is 54.6 Å². The minimum absolute atomic E-state index is 0.110. The summed E-state index contributed by atoms with van der Waals surface area (Å²) in [5.74, 6) is 1.36. The number of alkyl halides is 3. The van der Waals surface area contributed by atoms with Crippen LogP contribution in [0.4, 0.5) is 13.2 Å². The van der Waals surface area contributed by atoms with Crippen LogP contribution < -0.4 is 20.1 Å². The number of nitrogens with zero attached hydrogens (tertiary/aromatic N) is 1. The Kier molecular flexibility index (Phi) is 8.75. The summed E-state index contributed by atoms with van der Waals surface area (Å²) >= 11 is 5.65. The highest BCUT2D eigenvalue weighted by Gasteiger charge is 2.51. The van der Waals surface area contributed by atoms with Crippen molar-refractivity contribution < 1.29 is 22.6 Å². The van der Waals surface area contributed by atoms with E-state index in [2.05, 4.69) is 39.8 Å². The molecule has 0 bridgehead atoms. The Morgan fingerprint density at radius 1 is 0.951 bits per heavy atom. The lowest BCUT2D eigenvalue weighted by molar-refractivity contribution is -0.137. The first-order chi connectivity index (χ1) is 19.7. The number of rotatable bonds is 8. The lowest BCUT2D eigenvalue weighted by Crippen LogP contribution is -2.53. The van der Waals surface area contributed by atoms with Crippen molar-refractivity contribution in [3.8, 4) is 11.5 Å². The molecular formula is C32H36F3N3O2S. The zero-order chi connectivity index (χ0) is 29.0. The van der Waals surface area contributed by atoms with Crippen LogP contribution in [0.1, 0.15) is 47.9 Å². The summed E-state index contributed by atoms with van der Waals surface area (Å²) in [5.41, 5.74) is 2.22. The van der Waals surface area contributed by atoms with E-state index in [0.29, 0.717) is 35.3 Å². The highest BCUT2D eigenvalue weighted by molar-refractivity contribution is 7.80. The smallest absolute Gasteiger partial charge is 0.416 e. The van der Waals surface area contributed by atoms with E-state index in [-0.39, 0.29) is 17.5 Å². The summed E-state index contributed by atoms with van der Waals surface area (Å²) < 4.78 is 51.5. The van der Waals surface area contributed by atoms with E-state index in [0.717, 1.165) is 43.9 Å². The molecule has 1 heterocycles. The number of fused-ring (bicyclic) bond motifs is 1. The average molecular weight is 584 g/mol. The van der Waals surface area contributed by atoms with Gasteiger partial charge in [0.1, 0.15) is 0 Å². The fourth-order valence-electron chi connectivity index (χ4n) is 6.54. The SMILES string of the molecule is COc1ccc([C@@]23CC[C@@H](NC(=S)NCc4ccccc4)C[C@@H]2N(Cc2cccc(C(F)(F)F)c2)CC3)cc1OC. The molecule has 5 nitrogen and oxygen atoms in total. The van der Waals surface area contributed by atoms with Crippen molar-refractivity contribution in [2.75, 3.05) is 20.8 Å². The fourth-order valence-corrected chi connectivity index (χ4v) is 6.78. The van der Waals surface area contributed by atoms with E-state index in [1.807, 2.05) is 24.3 Å². The third kappa shape index (κ3) is 6.46. The molecule has 1 aliphatic heterocycles. The zero-order valence-electron chi connectivity index (χ0n) is 23.3. The molecule has 3 aromatic rings. The molecule has 41 heavy (non-hydrogen) atoms. The summed E-state index contributed by atoms with van der Waals surface area (Å²) in [6.45, 7) is 1.88. The summed E-state index contributed by atoms with van der Waals surface area (Å²) in [6.07, 6.45) is -0.788. The third-order valence-corrected chi connectivity index (χ3v) is 8.86. The molecule has 0 aromatic heterocycles. The number of halogens is 3. The first kappa shape index (κ1) is 29.2. The Hall–Kier alpha value is -3.30. The number of thiocarbonyl (C=S) groups is 1. The predicted octanol–water partition coefficient (Wildman–Crippen LogP) is 6.45. The second-order valence-corrected chi connectivity index (χ2v) is 11.4. The van der Waals surface area contributed by atoms with Crippen molar-refractivity contribution in [1.29, 1.82) is 0 Å². The molecule has 2 aliphatic rings. The molecule has 0 amide bonds. The van der Waals surface area contributed by atoms with E-state index in [1.165, 1.54) is 17.7 Å². The van der Waals surface area contributed by atoms with E-state index in [1.54, 1.807) is 20.3 Å². The van der Waals surface area contributed by atoms with Crippen LogP contribution >= 0.6 is 12.2 Å². The number of nitrogens with one attached hydrogen (secondary N) is 2. The van der Waals surface area contributed by atoms with Crippen molar-refractivity contribution >= 4 is 17.3 Å². The number of hydrogen-bond acceptors (Lipinski definition) is 4. The van der Waals surface area contributed by atoms with Crippen molar-refractivity contribution in [3.63, 3.8) is 0 Å². The molecule has 1 aliphatic carbocycles. The number of benzene rings is 3. The number of methoxy groups -OCH3 is 2. The van der Waals surface area contributed by atoms with Crippen LogP contribution in [0.5, 0.6) is 11.5 Å². The van der Waals surface area contributed by atoms with Crippen molar-refractivity contribution in [1.82, 2.24) is 15.5 Å². The highest BCUT2D eigenvalue weighted by atomic mass is 32.1. The Balaban J connectivity index is 1.38. The largest absolute Gasteiger partial charge is 0.493 e. The molecule has 5 rings (SSSR count). The Morgan fingerprint density at radius 2 is 1.71 bits per heavy atom.